The highest BCUT2D eigenvalue weighted by molar-refractivity contribution is 5.93. The minimum Gasteiger partial charge on any atom is -0.481 e. The van der Waals surface area contributed by atoms with E-state index < -0.39 is 5.97 Å². The zero-order chi connectivity index (χ0) is 12.7. The van der Waals surface area contributed by atoms with Crippen molar-refractivity contribution in [1.29, 1.82) is 0 Å². The van der Waals surface area contributed by atoms with Gasteiger partial charge in [0.05, 0.1) is 6.42 Å². The van der Waals surface area contributed by atoms with Gasteiger partial charge in [-0.25, -0.2) is 0 Å². The smallest absolute Gasteiger partial charge is 0.303 e. The highest BCUT2D eigenvalue weighted by atomic mass is 16.4. The number of carboxylic acids is 1. The maximum atomic E-state index is 11.3. The zero-order valence-corrected chi connectivity index (χ0v) is 9.27. The van der Waals surface area contributed by atoms with Crippen LogP contribution in [0.15, 0.2) is 24.3 Å². The molecule has 0 aliphatic heterocycles. The molecule has 0 aliphatic carbocycles. The van der Waals surface area contributed by atoms with Gasteiger partial charge in [-0.3, -0.25) is 9.59 Å². The number of carbonyl (C=O) groups is 2. The summed E-state index contributed by atoms with van der Waals surface area (Å²) < 4.78 is 0. The quantitative estimate of drug-likeness (QED) is 0.757. The molecule has 1 aromatic rings. The van der Waals surface area contributed by atoms with E-state index in [0.29, 0.717) is 12.1 Å². The third-order valence-electron chi connectivity index (χ3n) is 2.16. The maximum absolute atomic E-state index is 11.3. The Bertz CT molecular complexity index is 460. The van der Waals surface area contributed by atoms with Crippen molar-refractivity contribution >= 4 is 17.6 Å². The van der Waals surface area contributed by atoms with Crippen LogP contribution in [-0.2, 0) is 16.0 Å². The first-order valence-electron chi connectivity index (χ1n) is 5.16. The molecule has 0 aliphatic rings. The topological polar surface area (TPSA) is 66.4 Å². The first-order valence-corrected chi connectivity index (χ1v) is 5.16. The highest BCUT2D eigenvalue weighted by Gasteiger charge is 2.06. The van der Waals surface area contributed by atoms with E-state index in [-0.39, 0.29) is 18.7 Å². The monoisotopic (exact) mass is 231 g/mol. The minimum atomic E-state index is -0.866. The van der Waals surface area contributed by atoms with E-state index >= 15 is 0 Å². The second-order valence-electron chi connectivity index (χ2n) is 3.48. The summed E-state index contributed by atoms with van der Waals surface area (Å²) in [5, 5.41) is 11.3. The summed E-state index contributed by atoms with van der Waals surface area (Å²) in [4.78, 5) is 21.8. The molecule has 0 unspecified atom stereocenters. The number of nitrogens with one attached hydrogen (secondary N) is 1. The molecule has 4 nitrogen and oxygen atoms in total. The molecular formula is C13H13NO3. The van der Waals surface area contributed by atoms with Gasteiger partial charge >= 0.3 is 5.97 Å². The fourth-order valence-corrected chi connectivity index (χ4v) is 1.39. The summed E-state index contributed by atoms with van der Waals surface area (Å²) in [5.41, 5.74) is 1.41. The Balaban J connectivity index is 2.74. The minimum absolute atomic E-state index is 0.00721. The second kappa shape index (κ2) is 6.33. The van der Waals surface area contributed by atoms with Crippen LogP contribution in [0.5, 0.6) is 0 Å². The molecule has 0 aromatic heterocycles. The van der Waals surface area contributed by atoms with Crippen LogP contribution in [0.25, 0.3) is 0 Å². The van der Waals surface area contributed by atoms with Crippen LogP contribution in [-0.4, -0.2) is 17.0 Å². The van der Waals surface area contributed by atoms with E-state index in [9.17, 15) is 9.59 Å². The van der Waals surface area contributed by atoms with Crippen molar-refractivity contribution in [1.82, 2.24) is 0 Å². The van der Waals surface area contributed by atoms with Crippen LogP contribution >= 0.6 is 0 Å². The van der Waals surface area contributed by atoms with Gasteiger partial charge in [0.25, 0.3) is 0 Å². The Morgan fingerprint density at radius 2 is 2.06 bits per heavy atom. The lowest BCUT2D eigenvalue weighted by Gasteiger charge is -2.09. The van der Waals surface area contributed by atoms with Crippen LogP contribution < -0.4 is 5.32 Å². The Labute approximate surface area is 99.7 Å². The number of terminal acetylenes is 1. The number of hydrogen-bond acceptors (Lipinski definition) is 2. The van der Waals surface area contributed by atoms with E-state index in [1.165, 1.54) is 0 Å². The van der Waals surface area contributed by atoms with Gasteiger partial charge in [0, 0.05) is 12.1 Å². The maximum Gasteiger partial charge on any atom is 0.303 e. The standard InChI is InChI=1S/C13H13NO3/c1-2-5-12(15)14-11-7-4-3-6-10(11)8-9-13(16)17/h1,3-4,6-7H,5,8-9H2,(H,14,15)(H,16,17). The van der Waals surface area contributed by atoms with Crippen LogP contribution in [0.3, 0.4) is 0 Å². The van der Waals surface area contributed by atoms with Gasteiger partial charge in [0.15, 0.2) is 0 Å². The molecule has 1 rings (SSSR count). The summed E-state index contributed by atoms with van der Waals surface area (Å²) in [6.45, 7) is 0. The summed E-state index contributed by atoms with van der Waals surface area (Å²) in [6.07, 6.45) is 5.44. The molecule has 0 radical (unpaired) electrons. The Kier molecular flexibility index (Phi) is 4.77. The molecule has 1 aromatic carbocycles. The van der Waals surface area contributed by atoms with E-state index in [1.54, 1.807) is 24.3 Å². The van der Waals surface area contributed by atoms with Crippen molar-refractivity contribution < 1.29 is 14.7 Å². The van der Waals surface area contributed by atoms with Gasteiger partial charge in [0.2, 0.25) is 5.91 Å². The molecule has 0 atom stereocenters. The fraction of sp³-hybridized carbons (Fsp3) is 0.231. The van der Waals surface area contributed by atoms with Crippen molar-refractivity contribution in [2.45, 2.75) is 19.3 Å². The average Bonchev–Trinajstić information content (AvgIpc) is 2.28. The summed E-state index contributed by atoms with van der Waals surface area (Å²) >= 11 is 0. The number of benzene rings is 1. The van der Waals surface area contributed by atoms with Gasteiger partial charge in [0.1, 0.15) is 0 Å². The SMILES string of the molecule is C#CCC(=O)Nc1ccccc1CCC(=O)O. The summed E-state index contributed by atoms with van der Waals surface area (Å²) in [7, 11) is 0. The molecule has 4 heteroatoms. The third-order valence-corrected chi connectivity index (χ3v) is 2.16. The molecule has 17 heavy (non-hydrogen) atoms. The predicted octanol–water partition coefficient (Wildman–Crippen LogP) is 1.67. The number of para-hydroxylation sites is 1. The van der Waals surface area contributed by atoms with Crippen molar-refractivity contribution in [3.63, 3.8) is 0 Å². The number of amides is 1. The number of hydrogen-bond donors (Lipinski definition) is 2. The predicted molar refractivity (Wildman–Crippen MR) is 64.5 cm³/mol. The molecule has 0 bridgehead atoms. The van der Waals surface area contributed by atoms with E-state index in [2.05, 4.69) is 11.2 Å². The van der Waals surface area contributed by atoms with Crippen molar-refractivity contribution in [3.8, 4) is 12.3 Å². The van der Waals surface area contributed by atoms with Crippen molar-refractivity contribution in [3.05, 3.63) is 29.8 Å². The van der Waals surface area contributed by atoms with Crippen molar-refractivity contribution in [2.75, 3.05) is 5.32 Å². The average molecular weight is 231 g/mol. The normalized spacial score (nSPS) is 9.35. The first kappa shape index (κ1) is 12.8. The Hall–Kier alpha value is -2.28. The fourth-order valence-electron chi connectivity index (χ4n) is 1.39. The number of aliphatic carboxylic acids is 1. The number of aryl methyl sites for hydroxylation is 1. The molecule has 0 spiro atoms. The van der Waals surface area contributed by atoms with Gasteiger partial charge < -0.3 is 10.4 Å². The van der Waals surface area contributed by atoms with E-state index in [1.807, 2.05) is 0 Å². The molecule has 88 valence electrons. The van der Waals surface area contributed by atoms with Crippen molar-refractivity contribution in [2.24, 2.45) is 0 Å². The second-order valence-corrected chi connectivity index (χ2v) is 3.48. The van der Waals surface area contributed by atoms with Crippen LogP contribution in [0.2, 0.25) is 0 Å². The number of carbonyl (C=O) groups excluding carboxylic acids is 1. The van der Waals surface area contributed by atoms with Gasteiger partial charge in [-0.1, -0.05) is 24.1 Å². The summed E-state index contributed by atoms with van der Waals surface area (Å²) in [6, 6.07) is 7.09. The molecule has 0 fully saturated rings. The van der Waals surface area contributed by atoms with Crippen LogP contribution in [0.4, 0.5) is 5.69 Å². The van der Waals surface area contributed by atoms with E-state index in [4.69, 9.17) is 11.5 Å². The number of anilines is 1. The van der Waals surface area contributed by atoms with E-state index in [0.717, 1.165) is 5.56 Å². The molecule has 0 saturated carbocycles. The Morgan fingerprint density at radius 1 is 1.35 bits per heavy atom. The third kappa shape index (κ3) is 4.39. The molecular weight excluding hydrogens is 218 g/mol. The number of carboxylic acid groups (broad SMARTS) is 1. The lowest BCUT2D eigenvalue weighted by molar-refractivity contribution is -0.136. The molecule has 0 saturated heterocycles. The Morgan fingerprint density at radius 3 is 2.71 bits per heavy atom. The zero-order valence-electron chi connectivity index (χ0n) is 9.27. The largest absolute Gasteiger partial charge is 0.481 e. The van der Waals surface area contributed by atoms with Crippen LogP contribution in [0.1, 0.15) is 18.4 Å². The number of rotatable bonds is 5. The molecule has 2 N–H and O–H groups in total. The molecule has 0 heterocycles. The highest BCUT2D eigenvalue weighted by Crippen LogP contribution is 2.17. The van der Waals surface area contributed by atoms with Gasteiger partial charge in [-0.2, -0.15) is 0 Å². The van der Waals surface area contributed by atoms with Gasteiger partial charge in [-0.05, 0) is 18.1 Å². The summed E-state index contributed by atoms with van der Waals surface area (Å²) in [5.74, 6) is 1.12. The first-order chi connectivity index (χ1) is 8.13. The lowest BCUT2D eigenvalue weighted by atomic mass is 10.1. The van der Waals surface area contributed by atoms with Crippen LogP contribution in [0, 0.1) is 12.3 Å². The molecule has 1 amide bonds. The van der Waals surface area contributed by atoms with Gasteiger partial charge in [-0.15, -0.1) is 6.42 Å². The lowest BCUT2D eigenvalue weighted by Crippen LogP contribution is -2.12.